The van der Waals surface area contributed by atoms with Gasteiger partial charge < -0.3 is 20.4 Å². The molecule has 0 aromatic heterocycles. The molecule has 94 valence electrons. The second-order valence-electron chi connectivity index (χ2n) is 4.46. The van der Waals surface area contributed by atoms with Gasteiger partial charge in [-0.1, -0.05) is 6.07 Å². The van der Waals surface area contributed by atoms with Gasteiger partial charge in [-0.25, -0.2) is 0 Å². The summed E-state index contributed by atoms with van der Waals surface area (Å²) in [6, 6.07) is 8.19. The van der Waals surface area contributed by atoms with Crippen LogP contribution >= 0.6 is 0 Å². The van der Waals surface area contributed by atoms with Crippen molar-refractivity contribution in [2.24, 2.45) is 0 Å². The molecule has 1 aliphatic heterocycles. The maximum atomic E-state index is 9.28. The topological polar surface area (TPSA) is 55.7 Å². The lowest BCUT2D eigenvalue weighted by Crippen LogP contribution is -2.23. The van der Waals surface area contributed by atoms with Crippen molar-refractivity contribution in [1.29, 1.82) is 0 Å². The summed E-state index contributed by atoms with van der Waals surface area (Å²) in [5.74, 6) is 0. The molecule has 1 heterocycles. The second-order valence-corrected chi connectivity index (χ2v) is 4.46. The second kappa shape index (κ2) is 5.89. The SMILES string of the molecule is OCC(O)CNc1cccc(N2CCCC2)c1. The molecular formula is C13H20N2O2. The standard InChI is InChI=1S/C13H20N2O2/c16-10-13(17)9-14-11-4-3-5-12(8-11)15-6-1-2-7-15/h3-5,8,13-14,16-17H,1-2,6-7,9-10H2. The van der Waals surface area contributed by atoms with Crippen LogP contribution in [0.3, 0.4) is 0 Å². The van der Waals surface area contributed by atoms with E-state index in [2.05, 4.69) is 22.3 Å². The molecule has 4 nitrogen and oxygen atoms in total. The van der Waals surface area contributed by atoms with Gasteiger partial charge in [0.05, 0.1) is 12.7 Å². The summed E-state index contributed by atoms with van der Waals surface area (Å²) in [7, 11) is 0. The van der Waals surface area contributed by atoms with Crippen LogP contribution in [0.4, 0.5) is 11.4 Å². The largest absolute Gasteiger partial charge is 0.394 e. The van der Waals surface area contributed by atoms with Crippen molar-refractivity contribution < 1.29 is 10.2 Å². The third-order valence-corrected chi connectivity index (χ3v) is 3.07. The molecule has 2 rings (SSSR count). The number of hydrogen-bond donors (Lipinski definition) is 3. The van der Waals surface area contributed by atoms with E-state index in [1.54, 1.807) is 0 Å². The van der Waals surface area contributed by atoms with Crippen LogP contribution in [0.5, 0.6) is 0 Å². The highest BCUT2D eigenvalue weighted by molar-refractivity contribution is 5.58. The molecule has 0 bridgehead atoms. The monoisotopic (exact) mass is 236 g/mol. The predicted molar refractivity (Wildman–Crippen MR) is 69.5 cm³/mol. The minimum atomic E-state index is -0.703. The average molecular weight is 236 g/mol. The predicted octanol–water partition coefficient (Wildman–Crippen LogP) is 1.05. The van der Waals surface area contributed by atoms with Crippen molar-refractivity contribution in [3.63, 3.8) is 0 Å². The molecule has 1 atom stereocenters. The van der Waals surface area contributed by atoms with E-state index in [-0.39, 0.29) is 6.61 Å². The number of aliphatic hydroxyl groups is 2. The highest BCUT2D eigenvalue weighted by Crippen LogP contribution is 2.23. The zero-order valence-corrected chi connectivity index (χ0v) is 9.97. The van der Waals surface area contributed by atoms with Gasteiger partial charge in [0, 0.05) is 31.0 Å². The van der Waals surface area contributed by atoms with Crippen molar-refractivity contribution in [2.75, 3.05) is 36.5 Å². The Balaban J connectivity index is 1.96. The molecule has 0 spiro atoms. The molecule has 0 saturated carbocycles. The summed E-state index contributed by atoms with van der Waals surface area (Å²) in [5, 5.41) is 21.1. The molecule has 4 heteroatoms. The zero-order chi connectivity index (χ0) is 12.1. The third-order valence-electron chi connectivity index (χ3n) is 3.07. The Labute approximate surface area is 102 Å². The Bertz CT molecular complexity index is 351. The van der Waals surface area contributed by atoms with Crippen molar-refractivity contribution >= 4 is 11.4 Å². The number of aliphatic hydroxyl groups excluding tert-OH is 2. The fourth-order valence-electron chi connectivity index (χ4n) is 2.09. The molecule has 1 saturated heterocycles. The van der Waals surface area contributed by atoms with Gasteiger partial charge in [-0.2, -0.15) is 0 Å². The van der Waals surface area contributed by atoms with Crippen LogP contribution in [-0.2, 0) is 0 Å². The highest BCUT2D eigenvalue weighted by Gasteiger charge is 2.12. The molecule has 0 radical (unpaired) electrons. The van der Waals surface area contributed by atoms with E-state index in [0.29, 0.717) is 6.54 Å². The number of anilines is 2. The lowest BCUT2D eigenvalue weighted by Gasteiger charge is -2.19. The zero-order valence-electron chi connectivity index (χ0n) is 9.97. The van der Waals surface area contributed by atoms with Crippen molar-refractivity contribution in [3.8, 4) is 0 Å². The van der Waals surface area contributed by atoms with Gasteiger partial charge in [0.15, 0.2) is 0 Å². The number of nitrogens with zero attached hydrogens (tertiary/aromatic N) is 1. The molecule has 1 fully saturated rings. The first-order valence-electron chi connectivity index (χ1n) is 6.17. The van der Waals surface area contributed by atoms with Crippen molar-refractivity contribution in [1.82, 2.24) is 0 Å². The lowest BCUT2D eigenvalue weighted by atomic mass is 10.2. The summed E-state index contributed by atoms with van der Waals surface area (Å²) in [6.45, 7) is 2.42. The van der Waals surface area contributed by atoms with Crippen LogP contribution in [0.2, 0.25) is 0 Å². The highest BCUT2D eigenvalue weighted by atomic mass is 16.3. The fraction of sp³-hybridized carbons (Fsp3) is 0.538. The maximum Gasteiger partial charge on any atom is 0.0942 e. The van der Waals surface area contributed by atoms with E-state index in [9.17, 15) is 5.11 Å². The van der Waals surface area contributed by atoms with Crippen LogP contribution in [0.15, 0.2) is 24.3 Å². The Morgan fingerprint density at radius 2 is 2.06 bits per heavy atom. The molecule has 1 aromatic carbocycles. The Kier molecular flexibility index (Phi) is 4.23. The molecule has 1 aromatic rings. The van der Waals surface area contributed by atoms with Crippen LogP contribution < -0.4 is 10.2 Å². The van der Waals surface area contributed by atoms with Gasteiger partial charge in [0.2, 0.25) is 0 Å². The Hall–Kier alpha value is -1.26. The number of hydrogen-bond acceptors (Lipinski definition) is 4. The first-order chi connectivity index (χ1) is 8.29. The molecule has 0 aliphatic carbocycles. The normalized spacial score (nSPS) is 17.2. The van der Waals surface area contributed by atoms with Crippen LogP contribution in [-0.4, -0.2) is 42.6 Å². The smallest absolute Gasteiger partial charge is 0.0942 e. The minimum Gasteiger partial charge on any atom is -0.394 e. The molecule has 1 unspecified atom stereocenters. The minimum absolute atomic E-state index is 0.210. The van der Waals surface area contributed by atoms with Gasteiger partial charge >= 0.3 is 0 Å². The molecule has 17 heavy (non-hydrogen) atoms. The van der Waals surface area contributed by atoms with Gasteiger partial charge in [0.1, 0.15) is 0 Å². The number of nitrogens with one attached hydrogen (secondary N) is 1. The number of benzene rings is 1. The third kappa shape index (κ3) is 3.35. The van der Waals surface area contributed by atoms with Crippen LogP contribution in [0, 0.1) is 0 Å². The van der Waals surface area contributed by atoms with E-state index >= 15 is 0 Å². The molecule has 1 aliphatic rings. The molecule has 0 amide bonds. The summed E-state index contributed by atoms with van der Waals surface area (Å²) in [5.41, 5.74) is 2.22. The van der Waals surface area contributed by atoms with Crippen LogP contribution in [0.1, 0.15) is 12.8 Å². The number of rotatable bonds is 5. The van der Waals surface area contributed by atoms with E-state index in [1.807, 2.05) is 12.1 Å². The van der Waals surface area contributed by atoms with Gasteiger partial charge in [-0.05, 0) is 31.0 Å². The van der Waals surface area contributed by atoms with E-state index < -0.39 is 6.10 Å². The molecule has 3 N–H and O–H groups in total. The first-order valence-corrected chi connectivity index (χ1v) is 6.17. The summed E-state index contributed by atoms with van der Waals surface area (Å²) in [6.07, 6.45) is 1.83. The average Bonchev–Trinajstić information content (AvgIpc) is 2.90. The summed E-state index contributed by atoms with van der Waals surface area (Å²) in [4.78, 5) is 2.37. The van der Waals surface area contributed by atoms with Crippen LogP contribution in [0.25, 0.3) is 0 Å². The van der Waals surface area contributed by atoms with E-state index in [1.165, 1.54) is 18.5 Å². The Morgan fingerprint density at radius 1 is 1.29 bits per heavy atom. The van der Waals surface area contributed by atoms with E-state index in [0.717, 1.165) is 18.8 Å². The summed E-state index contributed by atoms with van der Waals surface area (Å²) >= 11 is 0. The Morgan fingerprint density at radius 3 is 2.76 bits per heavy atom. The van der Waals surface area contributed by atoms with Crippen molar-refractivity contribution in [3.05, 3.63) is 24.3 Å². The van der Waals surface area contributed by atoms with Gasteiger partial charge in [-0.15, -0.1) is 0 Å². The van der Waals surface area contributed by atoms with Gasteiger partial charge in [-0.3, -0.25) is 0 Å². The first kappa shape index (κ1) is 12.2. The van der Waals surface area contributed by atoms with Crippen molar-refractivity contribution in [2.45, 2.75) is 18.9 Å². The molecular weight excluding hydrogens is 216 g/mol. The van der Waals surface area contributed by atoms with E-state index in [4.69, 9.17) is 5.11 Å². The fourth-order valence-corrected chi connectivity index (χ4v) is 2.09. The van der Waals surface area contributed by atoms with Gasteiger partial charge in [0.25, 0.3) is 0 Å². The lowest BCUT2D eigenvalue weighted by molar-refractivity contribution is 0.105. The summed E-state index contributed by atoms with van der Waals surface area (Å²) < 4.78 is 0. The quantitative estimate of drug-likeness (QED) is 0.715. The maximum absolute atomic E-state index is 9.28.